The van der Waals surface area contributed by atoms with Crippen molar-refractivity contribution < 1.29 is 22.7 Å². The van der Waals surface area contributed by atoms with Crippen LogP contribution in [0.1, 0.15) is 44.3 Å². The lowest BCUT2D eigenvalue weighted by atomic mass is 9.97. The van der Waals surface area contributed by atoms with Gasteiger partial charge in [0.25, 0.3) is 0 Å². The zero-order chi connectivity index (χ0) is 15.6. The number of halogens is 1. The van der Waals surface area contributed by atoms with Gasteiger partial charge in [0, 0.05) is 24.3 Å². The second kappa shape index (κ2) is 6.32. The minimum Gasteiger partial charge on any atom is -0.490 e. The van der Waals surface area contributed by atoms with Crippen LogP contribution in [0.2, 0.25) is 0 Å². The SMILES string of the molecule is C[C@H](O)c1ccc(OC2CCCC(S(C)(=O)=O)C2)cc1F. The molecular formula is C15H21FO4S. The molecule has 0 amide bonds. The molecule has 0 aliphatic heterocycles. The summed E-state index contributed by atoms with van der Waals surface area (Å²) in [6.45, 7) is 1.50. The highest BCUT2D eigenvalue weighted by Gasteiger charge is 2.30. The van der Waals surface area contributed by atoms with Gasteiger partial charge < -0.3 is 9.84 Å². The van der Waals surface area contributed by atoms with E-state index < -0.39 is 21.8 Å². The van der Waals surface area contributed by atoms with E-state index in [1.807, 2.05) is 0 Å². The first kappa shape index (κ1) is 16.2. The highest BCUT2D eigenvalue weighted by Crippen LogP contribution is 2.29. The number of ether oxygens (including phenoxy) is 1. The Labute approximate surface area is 124 Å². The number of aliphatic hydroxyl groups is 1. The van der Waals surface area contributed by atoms with E-state index in [-0.39, 0.29) is 16.9 Å². The molecule has 1 aromatic rings. The van der Waals surface area contributed by atoms with E-state index >= 15 is 0 Å². The fraction of sp³-hybridized carbons (Fsp3) is 0.600. The second-order valence-corrected chi connectivity index (χ2v) is 8.04. The molecule has 4 nitrogen and oxygen atoms in total. The van der Waals surface area contributed by atoms with Gasteiger partial charge in [-0.15, -0.1) is 0 Å². The van der Waals surface area contributed by atoms with Crippen molar-refractivity contribution in [1.82, 2.24) is 0 Å². The van der Waals surface area contributed by atoms with Gasteiger partial charge in [0.15, 0.2) is 0 Å². The average molecular weight is 316 g/mol. The maximum absolute atomic E-state index is 13.8. The monoisotopic (exact) mass is 316 g/mol. The van der Waals surface area contributed by atoms with Crippen LogP contribution < -0.4 is 4.74 Å². The minimum atomic E-state index is -3.06. The molecule has 0 radical (unpaired) electrons. The third-order valence-electron chi connectivity index (χ3n) is 3.91. The first-order valence-corrected chi connectivity index (χ1v) is 9.06. The maximum atomic E-state index is 13.8. The highest BCUT2D eigenvalue weighted by atomic mass is 32.2. The van der Waals surface area contributed by atoms with Crippen LogP contribution in [0.15, 0.2) is 18.2 Å². The zero-order valence-corrected chi connectivity index (χ0v) is 13.1. The lowest BCUT2D eigenvalue weighted by molar-refractivity contribution is 0.155. The molecular weight excluding hydrogens is 295 g/mol. The summed E-state index contributed by atoms with van der Waals surface area (Å²) in [4.78, 5) is 0. The lowest BCUT2D eigenvalue weighted by Crippen LogP contribution is -2.33. The molecule has 2 rings (SSSR count). The Kier molecular flexibility index (Phi) is 4.88. The zero-order valence-electron chi connectivity index (χ0n) is 12.3. The topological polar surface area (TPSA) is 63.6 Å². The molecule has 3 atom stereocenters. The van der Waals surface area contributed by atoms with Crippen molar-refractivity contribution in [3.63, 3.8) is 0 Å². The Bertz CT molecular complexity index is 598. The summed E-state index contributed by atoms with van der Waals surface area (Å²) in [6.07, 6.45) is 2.82. The van der Waals surface area contributed by atoms with E-state index in [1.165, 1.54) is 25.3 Å². The van der Waals surface area contributed by atoms with Crippen molar-refractivity contribution in [2.24, 2.45) is 0 Å². The quantitative estimate of drug-likeness (QED) is 0.927. The summed E-state index contributed by atoms with van der Waals surface area (Å²) in [5, 5.41) is 9.02. The van der Waals surface area contributed by atoms with Gasteiger partial charge >= 0.3 is 0 Å². The van der Waals surface area contributed by atoms with Gasteiger partial charge in [-0.2, -0.15) is 0 Å². The number of aliphatic hydroxyl groups excluding tert-OH is 1. The lowest BCUT2D eigenvalue weighted by Gasteiger charge is -2.28. The first-order valence-electron chi connectivity index (χ1n) is 7.10. The highest BCUT2D eigenvalue weighted by molar-refractivity contribution is 7.91. The Morgan fingerprint density at radius 2 is 2.10 bits per heavy atom. The van der Waals surface area contributed by atoms with Crippen LogP contribution in [-0.4, -0.2) is 31.1 Å². The largest absolute Gasteiger partial charge is 0.490 e. The Balaban J connectivity index is 2.06. The van der Waals surface area contributed by atoms with Crippen LogP contribution in [-0.2, 0) is 9.84 Å². The van der Waals surface area contributed by atoms with E-state index in [4.69, 9.17) is 4.74 Å². The van der Waals surface area contributed by atoms with Crippen LogP contribution in [0.25, 0.3) is 0 Å². The summed E-state index contributed by atoms with van der Waals surface area (Å²) in [7, 11) is -3.06. The molecule has 2 unspecified atom stereocenters. The summed E-state index contributed by atoms with van der Waals surface area (Å²) >= 11 is 0. The maximum Gasteiger partial charge on any atom is 0.150 e. The van der Waals surface area contributed by atoms with Crippen molar-refractivity contribution >= 4 is 9.84 Å². The molecule has 0 heterocycles. The van der Waals surface area contributed by atoms with Crippen molar-refractivity contribution in [2.45, 2.75) is 50.1 Å². The molecule has 1 aliphatic rings. The molecule has 0 saturated heterocycles. The van der Waals surface area contributed by atoms with Crippen LogP contribution in [0.5, 0.6) is 5.75 Å². The number of rotatable bonds is 4. The van der Waals surface area contributed by atoms with Crippen LogP contribution in [0.4, 0.5) is 4.39 Å². The summed E-state index contributed by atoms with van der Waals surface area (Å²) in [5.41, 5.74) is 0.222. The predicted molar refractivity (Wildman–Crippen MR) is 78.5 cm³/mol. The number of hydrogen-bond donors (Lipinski definition) is 1. The molecule has 1 aromatic carbocycles. The fourth-order valence-corrected chi connectivity index (χ4v) is 3.87. The average Bonchev–Trinajstić information content (AvgIpc) is 2.37. The second-order valence-electron chi connectivity index (χ2n) is 5.72. The molecule has 1 saturated carbocycles. The third-order valence-corrected chi connectivity index (χ3v) is 5.55. The van der Waals surface area contributed by atoms with Gasteiger partial charge in [-0.25, -0.2) is 12.8 Å². The van der Waals surface area contributed by atoms with E-state index in [2.05, 4.69) is 0 Å². The van der Waals surface area contributed by atoms with E-state index in [0.717, 1.165) is 12.8 Å². The van der Waals surface area contributed by atoms with Gasteiger partial charge in [-0.05, 0) is 38.3 Å². The Hall–Kier alpha value is -1.14. The van der Waals surface area contributed by atoms with Crippen LogP contribution in [0, 0.1) is 5.82 Å². The van der Waals surface area contributed by atoms with Crippen LogP contribution in [0.3, 0.4) is 0 Å². The molecule has 1 N–H and O–H groups in total. The summed E-state index contributed by atoms with van der Waals surface area (Å²) < 4.78 is 42.7. The van der Waals surface area contributed by atoms with E-state index in [0.29, 0.717) is 18.6 Å². The minimum absolute atomic E-state index is 0.213. The van der Waals surface area contributed by atoms with Gasteiger partial charge in [-0.3, -0.25) is 0 Å². The third kappa shape index (κ3) is 4.17. The van der Waals surface area contributed by atoms with Crippen molar-refractivity contribution in [1.29, 1.82) is 0 Å². The molecule has 0 aromatic heterocycles. The van der Waals surface area contributed by atoms with Gasteiger partial charge in [-0.1, -0.05) is 0 Å². The molecule has 6 heteroatoms. The smallest absolute Gasteiger partial charge is 0.150 e. The van der Waals surface area contributed by atoms with Gasteiger partial charge in [0.1, 0.15) is 21.4 Å². The fourth-order valence-electron chi connectivity index (χ4n) is 2.71. The van der Waals surface area contributed by atoms with Crippen LogP contribution >= 0.6 is 0 Å². The predicted octanol–water partition coefficient (Wildman–Crippen LogP) is 2.61. The molecule has 0 bridgehead atoms. The van der Waals surface area contributed by atoms with E-state index in [9.17, 15) is 17.9 Å². The van der Waals surface area contributed by atoms with E-state index in [1.54, 1.807) is 6.07 Å². The number of hydrogen-bond acceptors (Lipinski definition) is 4. The molecule has 1 fully saturated rings. The summed E-state index contributed by atoms with van der Waals surface area (Å²) in [6, 6.07) is 4.34. The Morgan fingerprint density at radius 1 is 1.38 bits per heavy atom. The summed E-state index contributed by atoms with van der Waals surface area (Å²) in [5.74, 6) is -0.144. The molecule has 21 heavy (non-hydrogen) atoms. The first-order chi connectivity index (χ1) is 9.77. The standard InChI is InChI=1S/C15H21FO4S/c1-10(17)14-7-6-12(9-15(14)16)20-11-4-3-5-13(8-11)21(2,18)19/h6-7,9-11,13,17H,3-5,8H2,1-2H3/t10-,11?,13?/m0/s1. The number of benzene rings is 1. The molecule has 118 valence electrons. The van der Waals surface area contributed by atoms with Gasteiger partial charge in [0.05, 0.1) is 17.5 Å². The van der Waals surface area contributed by atoms with Crippen molar-refractivity contribution in [3.8, 4) is 5.75 Å². The van der Waals surface area contributed by atoms with Crippen molar-refractivity contribution in [2.75, 3.05) is 6.26 Å². The normalized spacial score (nSPS) is 24.6. The van der Waals surface area contributed by atoms with Crippen molar-refractivity contribution in [3.05, 3.63) is 29.6 Å². The molecule has 0 spiro atoms. The molecule has 1 aliphatic carbocycles. The van der Waals surface area contributed by atoms with Gasteiger partial charge in [0.2, 0.25) is 0 Å². The number of sulfone groups is 1. The Morgan fingerprint density at radius 3 is 2.67 bits per heavy atom.